The standard InChI is InChI=1S/C14H19F2NO3/c15-11-5-10(6-12(16)7-11)14(19)1-2-17-3-4-20-9-13(17)8-18/h5-7,13-14,18-19H,1-4,8-9H2. The number of morpholine rings is 1. The van der Waals surface area contributed by atoms with E-state index in [1.54, 1.807) is 0 Å². The minimum atomic E-state index is -0.928. The minimum absolute atomic E-state index is 0.00924. The van der Waals surface area contributed by atoms with Crippen molar-refractivity contribution in [1.82, 2.24) is 4.90 Å². The summed E-state index contributed by atoms with van der Waals surface area (Å²) in [6.45, 7) is 2.25. The van der Waals surface area contributed by atoms with Crippen LogP contribution in [0.15, 0.2) is 18.2 Å². The maximum Gasteiger partial charge on any atom is 0.126 e. The summed E-state index contributed by atoms with van der Waals surface area (Å²) in [4.78, 5) is 2.02. The van der Waals surface area contributed by atoms with Crippen molar-refractivity contribution in [3.63, 3.8) is 0 Å². The van der Waals surface area contributed by atoms with Crippen molar-refractivity contribution in [2.45, 2.75) is 18.6 Å². The van der Waals surface area contributed by atoms with Crippen molar-refractivity contribution in [1.29, 1.82) is 0 Å². The summed E-state index contributed by atoms with van der Waals surface area (Å²) in [7, 11) is 0. The lowest BCUT2D eigenvalue weighted by atomic mass is 10.1. The van der Waals surface area contributed by atoms with Crippen LogP contribution in [0.4, 0.5) is 8.78 Å². The summed E-state index contributed by atoms with van der Waals surface area (Å²) in [5.41, 5.74) is 0.233. The SMILES string of the molecule is OCC1COCCN1CCC(O)c1cc(F)cc(F)c1. The minimum Gasteiger partial charge on any atom is -0.395 e. The van der Waals surface area contributed by atoms with Crippen LogP contribution in [0.2, 0.25) is 0 Å². The van der Waals surface area contributed by atoms with Crippen LogP contribution in [0.25, 0.3) is 0 Å². The van der Waals surface area contributed by atoms with Crippen LogP contribution in [0.1, 0.15) is 18.1 Å². The first-order valence-corrected chi connectivity index (χ1v) is 6.67. The average Bonchev–Trinajstić information content (AvgIpc) is 2.44. The van der Waals surface area contributed by atoms with E-state index in [0.717, 1.165) is 18.2 Å². The molecule has 0 radical (unpaired) electrons. The van der Waals surface area contributed by atoms with Gasteiger partial charge in [-0.05, 0) is 24.1 Å². The van der Waals surface area contributed by atoms with E-state index in [4.69, 9.17) is 4.74 Å². The van der Waals surface area contributed by atoms with Gasteiger partial charge in [-0.25, -0.2) is 8.78 Å². The fraction of sp³-hybridized carbons (Fsp3) is 0.571. The third kappa shape index (κ3) is 3.96. The van der Waals surface area contributed by atoms with Gasteiger partial charge in [0, 0.05) is 19.2 Å². The molecule has 2 rings (SSSR count). The molecule has 1 aromatic rings. The second-order valence-corrected chi connectivity index (χ2v) is 4.95. The molecule has 1 fully saturated rings. The van der Waals surface area contributed by atoms with Crippen LogP contribution in [-0.2, 0) is 4.74 Å². The molecule has 6 heteroatoms. The van der Waals surface area contributed by atoms with Crippen LogP contribution in [0.5, 0.6) is 0 Å². The summed E-state index contributed by atoms with van der Waals surface area (Å²) in [5.74, 6) is -1.39. The highest BCUT2D eigenvalue weighted by Gasteiger charge is 2.23. The highest BCUT2D eigenvalue weighted by Crippen LogP contribution is 2.20. The molecule has 1 aromatic carbocycles. The average molecular weight is 287 g/mol. The number of benzene rings is 1. The second kappa shape index (κ2) is 7.08. The highest BCUT2D eigenvalue weighted by atomic mass is 19.1. The fourth-order valence-electron chi connectivity index (χ4n) is 2.37. The van der Waals surface area contributed by atoms with Crippen molar-refractivity contribution in [3.8, 4) is 0 Å². The Labute approximate surface area is 116 Å². The molecule has 0 spiro atoms. The molecule has 1 heterocycles. The molecule has 2 atom stereocenters. The van der Waals surface area contributed by atoms with Crippen LogP contribution < -0.4 is 0 Å². The van der Waals surface area contributed by atoms with E-state index in [2.05, 4.69) is 0 Å². The molecular weight excluding hydrogens is 268 g/mol. The molecule has 0 aromatic heterocycles. The lowest BCUT2D eigenvalue weighted by molar-refractivity contribution is -0.0321. The summed E-state index contributed by atoms with van der Waals surface area (Å²) >= 11 is 0. The predicted molar refractivity (Wildman–Crippen MR) is 69.2 cm³/mol. The van der Waals surface area contributed by atoms with Gasteiger partial charge in [0.05, 0.1) is 32.0 Å². The van der Waals surface area contributed by atoms with Gasteiger partial charge in [0.15, 0.2) is 0 Å². The van der Waals surface area contributed by atoms with E-state index in [1.807, 2.05) is 4.90 Å². The Bertz CT molecular complexity index is 424. The lowest BCUT2D eigenvalue weighted by Crippen LogP contribution is -2.48. The number of hydrogen-bond acceptors (Lipinski definition) is 4. The number of hydrogen-bond donors (Lipinski definition) is 2. The normalized spacial score (nSPS) is 21.9. The molecule has 0 aliphatic carbocycles. The number of nitrogens with zero attached hydrogens (tertiary/aromatic N) is 1. The van der Waals surface area contributed by atoms with E-state index < -0.39 is 17.7 Å². The fourth-order valence-corrected chi connectivity index (χ4v) is 2.37. The van der Waals surface area contributed by atoms with Gasteiger partial charge in [0.1, 0.15) is 11.6 Å². The first-order chi connectivity index (χ1) is 9.60. The maximum atomic E-state index is 13.1. The molecule has 112 valence electrons. The first-order valence-electron chi connectivity index (χ1n) is 6.67. The van der Waals surface area contributed by atoms with E-state index >= 15 is 0 Å². The Hall–Kier alpha value is -1.08. The van der Waals surface area contributed by atoms with Crippen LogP contribution in [0.3, 0.4) is 0 Å². The molecule has 2 unspecified atom stereocenters. The molecule has 1 aliphatic rings. The second-order valence-electron chi connectivity index (χ2n) is 4.95. The van der Waals surface area contributed by atoms with Gasteiger partial charge < -0.3 is 14.9 Å². The lowest BCUT2D eigenvalue weighted by Gasteiger charge is -2.34. The number of aliphatic hydroxyl groups excluding tert-OH is 2. The van der Waals surface area contributed by atoms with Crippen molar-refractivity contribution < 1.29 is 23.7 Å². The Morgan fingerprint density at radius 1 is 1.30 bits per heavy atom. The Morgan fingerprint density at radius 3 is 2.65 bits per heavy atom. The Morgan fingerprint density at radius 2 is 2.00 bits per heavy atom. The smallest absolute Gasteiger partial charge is 0.126 e. The monoisotopic (exact) mass is 287 g/mol. The van der Waals surface area contributed by atoms with E-state index in [9.17, 15) is 19.0 Å². The Balaban J connectivity index is 1.92. The van der Waals surface area contributed by atoms with Gasteiger partial charge in [0.2, 0.25) is 0 Å². The van der Waals surface area contributed by atoms with Crippen LogP contribution >= 0.6 is 0 Å². The molecule has 2 N–H and O–H groups in total. The predicted octanol–water partition coefficient (Wildman–Crippen LogP) is 1.08. The molecule has 0 bridgehead atoms. The van der Waals surface area contributed by atoms with E-state index in [0.29, 0.717) is 32.7 Å². The molecule has 20 heavy (non-hydrogen) atoms. The van der Waals surface area contributed by atoms with Gasteiger partial charge in [-0.3, -0.25) is 4.90 Å². The van der Waals surface area contributed by atoms with E-state index in [1.165, 1.54) is 0 Å². The molecule has 1 aliphatic heterocycles. The van der Waals surface area contributed by atoms with Crippen LogP contribution in [-0.4, -0.2) is 54.1 Å². The molecule has 4 nitrogen and oxygen atoms in total. The number of aliphatic hydroxyl groups is 2. The van der Waals surface area contributed by atoms with Gasteiger partial charge in [-0.15, -0.1) is 0 Å². The Kier molecular flexibility index (Phi) is 5.42. The molecule has 0 amide bonds. The maximum absolute atomic E-state index is 13.1. The van der Waals surface area contributed by atoms with Gasteiger partial charge in [-0.2, -0.15) is 0 Å². The zero-order valence-corrected chi connectivity index (χ0v) is 11.1. The number of halogens is 2. The zero-order valence-electron chi connectivity index (χ0n) is 11.1. The molecule has 0 saturated carbocycles. The summed E-state index contributed by atoms with van der Waals surface area (Å²) in [6.07, 6.45) is -0.582. The van der Waals surface area contributed by atoms with Crippen molar-refractivity contribution in [3.05, 3.63) is 35.4 Å². The molecular formula is C14H19F2NO3. The van der Waals surface area contributed by atoms with Gasteiger partial charge in [0.25, 0.3) is 0 Å². The summed E-state index contributed by atoms with van der Waals surface area (Å²) < 4.78 is 31.4. The number of rotatable bonds is 5. The quantitative estimate of drug-likeness (QED) is 0.851. The topological polar surface area (TPSA) is 52.9 Å². The van der Waals surface area contributed by atoms with Crippen molar-refractivity contribution >= 4 is 0 Å². The highest BCUT2D eigenvalue weighted by molar-refractivity contribution is 5.20. The summed E-state index contributed by atoms with van der Waals surface area (Å²) in [5, 5.41) is 19.2. The van der Waals surface area contributed by atoms with Crippen molar-refractivity contribution in [2.24, 2.45) is 0 Å². The molecule has 1 saturated heterocycles. The van der Waals surface area contributed by atoms with Crippen molar-refractivity contribution in [2.75, 3.05) is 32.9 Å². The summed E-state index contributed by atoms with van der Waals surface area (Å²) in [6, 6.07) is 2.97. The third-order valence-corrected chi connectivity index (χ3v) is 3.52. The number of ether oxygens (including phenoxy) is 1. The van der Waals surface area contributed by atoms with E-state index in [-0.39, 0.29) is 18.2 Å². The zero-order chi connectivity index (χ0) is 14.5. The van der Waals surface area contributed by atoms with Crippen LogP contribution in [0, 0.1) is 11.6 Å². The first kappa shape index (κ1) is 15.3. The van der Waals surface area contributed by atoms with Gasteiger partial charge in [-0.1, -0.05) is 0 Å². The largest absolute Gasteiger partial charge is 0.395 e. The third-order valence-electron chi connectivity index (χ3n) is 3.52. The van der Waals surface area contributed by atoms with Gasteiger partial charge >= 0.3 is 0 Å².